The maximum absolute atomic E-state index is 2.64. The molecular weight excluding hydrogens is 709 g/mol. The summed E-state index contributed by atoms with van der Waals surface area (Å²) in [5.41, 5.74) is 16.0. The summed E-state index contributed by atoms with van der Waals surface area (Å²) in [5.74, 6) is 0. The molecular formula is C59H38. The molecule has 274 valence electrons. The van der Waals surface area contributed by atoms with Crippen LogP contribution >= 0.6 is 0 Å². The highest BCUT2D eigenvalue weighted by Gasteiger charge is 2.52. The van der Waals surface area contributed by atoms with Gasteiger partial charge < -0.3 is 0 Å². The monoisotopic (exact) mass is 746 g/mol. The molecule has 0 heteroatoms. The third kappa shape index (κ3) is 4.08. The lowest BCUT2D eigenvalue weighted by molar-refractivity contribution is 0.759. The SMILES string of the molecule is Cc1cc2c(c3ccccc13)-c1cc3c(cc1C2(c1ccccc1)c1ccccc1)-c1c(cc2ccc4cccc5ccc1c2c45)C3(c1ccccc1)c1ccccc1. The molecule has 59 heavy (non-hydrogen) atoms. The predicted molar refractivity (Wildman–Crippen MR) is 247 cm³/mol. The van der Waals surface area contributed by atoms with Crippen LogP contribution in [0.5, 0.6) is 0 Å². The van der Waals surface area contributed by atoms with E-state index in [4.69, 9.17) is 0 Å². The predicted octanol–water partition coefficient (Wildman–Crippen LogP) is 14.8. The Morgan fingerprint density at radius 2 is 0.712 bits per heavy atom. The first-order chi connectivity index (χ1) is 29.2. The fourth-order valence-corrected chi connectivity index (χ4v) is 11.8. The molecule has 0 bridgehead atoms. The second-order valence-corrected chi connectivity index (χ2v) is 16.7. The third-order valence-corrected chi connectivity index (χ3v) is 14.0. The van der Waals surface area contributed by atoms with E-state index in [2.05, 4.69) is 219 Å². The van der Waals surface area contributed by atoms with Gasteiger partial charge in [0.1, 0.15) is 0 Å². The zero-order valence-corrected chi connectivity index (χ0v) is 32.7. The molecule has 0 N–H and O–H groups in total. The van der Waals surface area contributed by atoms with Crippen molar-refractivity contribution in [1.82, 2.24) is 0 Å². The van der Waals surface area contributed by atoms with Crippen LogP contribution in [0.25, 0.3) is 65.3 Å². The molecule has 0 saturated carbocycles. The number of fused-ring (bicyclic) bond motifs is 9. The normalized spacial score (nSPS) is 14.5. The number of benzene rings is 11. The van der Waals surface area contributed by atoms with Gasteiger partial charge >= 0.3 is 0 Å². The van der Waals surface area contributed by atoms with Gasteiger partial charge in [0.2, 0.25) is 0 Å². The topological polar surface area (TPSA) is 0 Å². The van der Waals surface area contributed by atoms with Crippen LogP contribution in [-0.2, 0) is 10.8 Å². The molecule has 0 aliphatic heterocycles. The quantitative estimate of drug-likeness (QED) is 0.157. The number of aryl methyl sites for hydroxylation is 1. The van der Waals surface area contributed by atoms with Crippen LogP contribution in [0.4, 0.5) is 0 Å². The summed E-state index contributed by atoms with van der Waals surface area (Å²) in [6.45, 7) is 2.29. The van der Waals surface area contributed by atoms with E-state index in [1.807, 2.05) is 0 Å². The second-order valence-electron chi connectivity index (χ2n) is 16.7. The van der Waals surface area contributed by atoms with Crippen LogP contribution in [0.15, 0.2) is 212 Å². The van der Waals surface area contributed by atoms with Crippen LogP contribution in [0.3, 0.4) is 0 Å². The van der Waals surface area contributed by atoms with Crippen LogP contribution in [-0.4, -0.2) is 0 Å². The summed E-state index contributed by atoms with van der Waals surface area (Å²) in [4.78, 5) is 0. The summed E-state index contributed by atoms with van der Waals surface area (Å²) < 4.78 is 0. The Morgan fingerprint density at radius 3 is 1.24 bits per heavy atom. The highest BCUT2D eigenvalue weighted by Crippen LogP contribution is 2.65. The molecule has 0 saturated heterocycles. The zero-order chi connectivity index (χ0) is 38.9. The van der Waals surface area contributed by atoms with E-state index in [0.717, 1.165) is 0 Å². The van der Waals surface area contributed by atoms with Crippen molar-refractivity contribution >= 4 is 43.1 Å². The first-order valence-electron chi connectivity index (χ1n) is 20.8. The fourth-order valence-electron chi connectivity index (χ4n) is 11.8. The van der Waals surface area contributed by atoms with Gasteiger partial charge in [0.05, 0.1) is 10.8 Å². The maximum atomic E-state index is 2.64. The maximum Gasteiger partial charge on any atom is 0.0714 e. The van der Waals surface area contributed by atoms with Crippen molar-refractivity contribution in [3.05, 3.63) is 262 Å². The molecule has 13 rings (SSSR count). The first-order valence-corrected chi connectivity index (χ1v) is 20.8. The van der Waals surface area contributed by atoms with E-state index in [-0.39, 0.29) is 0 Å². The highest BCUT2D eigenvalue weighted by atomic mass is 14.5. The molecule has 2 aliphatic rings. The van der Waals surface area contributed by atoms with Gasteiger partial charge in [0.25, 0.3) is 0 Å². The molecule has 11 aromatic rings. The van der Waals surface area contributed by atoms with Crippen LogP contribution in [0, 0.1) is 6.92 Å². The van der Waals surface area contributed by atoms with Crippen molar-refractivity contribution in [2.45, 2.75) is 17.8 Å². The Balaban J connectivity index is 1.28. The average Bonchev–Trinajstić information content (AvgIpc) is 3.75. The van der Waals surface area contributed by atoms with Crippen molar-refractivity contribution in [2.24, 2.45) is 0 Å². The lowest BCUT2D eigenvalue weighted by atomic mass is 9.65. The molecule has 0 aromatic heterocycles. The van der Waals surface area contributed by atoms with Gasteiger partial charge in [-0.15, -0.1) is 0 Å². The lowest BCUT2D eigenvalue weighted by Crippen LogP contribution is -2.30. The molecule has 0 nitrogen and oxygen atoms in total. The Morgan fingerprint density at radius 1 is 0.288 bits per heavy atom. The van der Waals surface area contributed by atoms with Crippen molar-refractivity contribution in [3.63, 3.8) is 0 Å². The standard InChI is InChI=1S/C59H38/c1-37-33-52-56(46-28-15-14-27-45(37)46)48-35-51-49(36-50(48)58(52,41-19-6-2-7-20-41)42-21-8-3-9-22-42)57-47-32-31-39-18-16-17-38-29-30-40(55(47)54(38)39)34-53(57)59(51,43-23-10-4-11-24-43)44-25-12-5-13-26-44/h2-36H,1H3. The van der Waals surface area contributed by atoms with E-state index in [9.17, 15) is 0 Å². The van der Waals surface area contributed by atoms with Gasteiger partial charge in [-0.05, 0) is 141 Å². The summed E-state index contributed by atoms with van der Waals surface area (Å²) in [7, 11) is 0. The Kier molecular flexibility index (Phi) is 6.60. The zero-order valence-electron chi connectivity index (χ0n) is 32.7. The summed E-state index contributed by atoms with van der Waals surface area (Å²) in [6.07, 6.45) is 0. The molecule has 0 spiro atoms. The molecule has 0 unspecified atom stereocenters. The van der Waals surface area contributed by atoms with Crippen molar-refractivity contribution in [3.8, 4) is 22.3 Å². The average molecular weight is 747 g/mol. The fraction of sp³-hybridized carbons (Fsp3) is 0.0508. The van der Waals surface area contributed by atoms with E-state index >= 15 is 0 Å². The van der Waals surface area contributed by atoms with Crippen LogP contribution < -0.4 is 0 Å². The summed E-state index contributed by atoms with van der Waals surface area (Å²) in [5, 5.41) is 10.5. The summed E-state index contributed by atoms with van der Waals surface area (Å²) in [6, 6.07) is 80.7. The molecule has 0 radical (unpaired) electrons. The number of hydrogen-bond donors (Lipinski definition) is 0. The van der Waals surface area contributed by atoms with Crippen LogP contribution in [0.2, 0.25) is 0 Å². The minimum atomic E-state index is -0.571. The largest absolute Gasteiger partial charge is 0.0714 e. The van der Waals surface area contributed by atoms with E-state index in [0.29, 0.717) is 0 Å². The third-order valence-electron chi connectivity index (χ3n) is 14.0. The Hall–Kier alpha value is -7.28. The second kappa shape index (κ2) is 11.9. The lowest BCUT2D eigenvalue weighted by Gasteiger charge is -2.35. The van der Waals surface area contributed by atoms with Crippen molar-refractivity contribution < 1.29 is 0 Å². The van der Waals surface area contributed by atoms with Gasteiger partial charge in [-0.25, -0.2) is 0 Å². The number of hydrogen-bond acceptors (Lipinski definition) is 0. The van der Waals surface area contributed by atoms with E-state index < -0.39 is 10.8 Å². The number of rotatable bonds is 4. The molecule has 11 aromatic carbocycles. The molecule has 0 heterocycles. The van der Waals surface area contributed by atoms with Gasteiger partial charge in [0.15, 0.2) is 0 Å². The molecule has 0 amide bonds. The van der Waals surface area contributed by atoms with Gasteiger partial charge in [-0.1, -0.05) is 194 Å². The first kappa shape index (κ1) is 32.8. The van der Waals surface area contributed by atoms with Crippen molar-refractivity contribution in [2.75, 3.05) is 0 Å². The van der Waals surface area contributed by atoms with E-state index in [1.165, 1.54) is 115 Å². The minimum absolute atomic E-state index is 0.550. The molecule has 0 atom stereocenters. The molecule has 2 aliphatic carbocycles. The highest BCUT2D eigenvalue weighted by molar-refractivity contribution is 6.27. The van der Waals surface area contributed by atoms with E-state index in [1.54, 1.807) is 0 Å². The molecule has 0 fully saturated rings. The minimum Gasteiger partial charge on any atom is -0.0622 e. The van der Waals surface area contributed by atoms with Gasteiger partial charge in [0, 0.05) is 0 Å². The van der Waals surface area contributed by atoms with Crippen molar-refractivity contribution in [1.29, 1.82) is 0 Å². The Bertz CT molecular complexity index is 3380. The smallest absolute Gasteiger partial charge is 0.0622 e. The van der Waals surface area contributed by atoms with Crippen LogP contribution in [0.1, 0.15) is 50.1 Å². The van der Waals surface area contributed by atoms with Gasteiger partial charge in [-0.3, -0.25) is 0 Å². The van der Waals surface area contributed by atoms with Gasteiger partial charge in [-0.2, -0.15) is 0 Å². The Labute approximate surface area is 344 Å². The summed E-state index contributed by atoms with van der Waals surface area (Å²) >= 11 is 0.